The molecule has 1 unspecified atom stereocenters. The van der Waals surface area contributed by atoms with Crippen molar-refractivity contribution in [2.24, 2.45) is 0 Å². The van der Waals surface area contributed by atoms with Crippen LogP contribution in [0.2, 0.25) is 0 Å². The molecule has 152 valence electrons. The molecular formula is C19H26N4O4S. The third kappa shape index (κ3) is 4.59. The molecule has 1 amide bonds. The summed E-state index contributed by atoms with van der Waals surface area (Å²) < 4.78 is 30.4. The number of aromatic nitrogens is 2. The number of amides is 1. The van der Waals surface area contributed by atoms with Gasteiger partial charge in [-0.1, -0.05) is 38.1 Å². The predicted octanol–water partition coefficient (Wildman–Crippen LogP) is 2.19. The van der Waals surface area contributed by atoms with Crippen LogP contribution in [0.3, 0.4) is 0 Å². The Morgan fingerprint density at radius 2 is 2.00 bits per heavy atom. The highest BCUT2D eigenvalue weighted by molar-refractivity contribution is 7.88. The van der Waals surface area contributed by atoms with E-state index in [-0.39, 0.29) is 29.8 Å². The summed E-state index contributed by atoms with van der Waals surface area (Å²) >= 11 is 0. The maximum atomic E-state index is 12.9. The fraction of sp³-hybridized carbons (Fsp3) is 0.526. The number of benzene rings is 1. The van der Waals surface area contributed by atoms with Gasteiger partial charge in [0.2, 0.25) is 10.0 Å². The average Bonchev–Trinajstić information content (AvgIpc) is 3.11. The minimum Gasteiger partial charge on any atom is -0.348 e. The van der Waals surface area contributed by atoms with Crippen molar-refractivity contribution in [3.8, 4) is 11.5 Å². The first-order valence-corrected chi connectivity index (χ1v) is 11.1. The number of hydrogen-bond donors (Lipinski definition) is 1. The zero-order valence-electron chi connectivity index (χ0n) is 16.6. The zero-order valence-corrected chi connectivity index (χ0v) is 17.4. The van der Waals surface area contributed by atoms with E-state index in [1.807, 2.05) is 20.8 Å². The summed E-state index contributed by atoms with van der Waals surface area (Å²) in [7, 11) is -3.27. The van der Waals surface area contributed by atoms with Crippen molar-refractivity contribution >= 4 is 15.9 Å². The molecule has 0 saturated carbocycles. The molecule has 1 aromatic carbocycles. The van der Waals surface area contributed by atoms with Crippen LogP contribution in [-0.2, 0) is 15.4 Å². The number of carbonyl (C=O) groups is 1. The van der Waals surface area contributed by atoms with Crippen LogP contribution in [0.1, 0.15) is 49.8 Å². The lowest BCUT2D eigenvalue weighted by Gasteiger charge is -2.31. The molecule has 1 fully saturated rings. The van der Waals surface area contributed by atoms with Crippen molar-refractivity contribution in [3.63, 3.8) is 0 Å². The van der Waals surface area contributed by atoms with Gasteiger partial charge in [-0.3, -0.25) is 4.79 Å². The van der Waals surface area contributed by atoms with E-state index in [9.17, 15) is 13.2 Å². The largest absolute Gasteiger partial charge is 0.348 e. The highest BCUT2D eigenvalue weighted by Crippen LogP contribution is 2.26. The number of sulfonamides is 1. The highest BCUT2D eigenvalue weighted by atomic mass is 32.2. The lowest BCUT2D eigenvalue weighted by molar-refractivity contribution is 0.0922. The third-order valence-electron chi connectivity index (χ3n) is 4.69. The van der Waals surface area contributed by atoms with Gasteiger partial charge >= 0.3 is 0 Å². The first-order valence-electron chi connectivity index (χ1n) is 9.25. The number of piperidine rings is 1. The molecule has 2 aromatic rings. The van der Waals surface area contributed by atoms with Gasteiger partial charge in [-0.2, -0.15) is 4.98 Å². The number of nitrogens with one attached hydrogen (secondary N) is 1. The van der Waals surface area contributed by atoms with Crippen LogP contribution in [0, 0.1) is 0 Å². The molecule has 28 heavy (non-hydrogen) atoms. The molecule has 0 spiro atoms. The molecule has 0 aliphatic carbocycles. The van der Waals surface area contributed by atoms with Crippen LogP contribution in [0.4, 0.5) is 0 Å². The van der Waals surface area contributed by atoms with Crippen LogP contribution in [0.25, 0.3) is 11.5 Å². The molecule has 2 heterocycles. The highest BCUT2D eigenvalue weighted by Gasteiger charge is 2.28. The second-order valence-electron chi connectivity index (χ2n) is 8.15. The van der Waals surface area contributed by atoms with E-state index in [4.69, 9.17) is 4.52 Å². The molecule has 0 bridgehead atoms. The Morgan fingerprint density at radius 1 is 1.29 bits per heavy atom. The van der Waals surface area contributed by atoms with Gasteiger partial charge in [-0.15, -0.1) is 0 Å². The van der Waals surface area contributed by atoms with Crippen molar-refractivity contribution in [2.45, 2.75) is 45.1 Å². The normalized spacial score (nSPS) is 18.8. The van der Waals surface area contributed by atoms with E-state index in [1.54, 1.807) is 24.3 Å². The number of carbonyl (C=O) groups excluding carboxylic acids is 1. The molecule has 3 rings (SSSR count). The van der Waals surface area contributed by atoms with E-state index < -0.39 is 10.0 Å². The fourth-order valence-electron chi connectivity index (χ4n) is 3.13. The Bertz CT molecular complexity index is 962. The molecule has 1 atom stereocenters. The Hall–Kier alpha value is -2.26. The SMILES string of the molecule is CC(C)(C)c1noc(-c2ccccc2C(=O)NC2CCCN(S(C)(=O)=O)C2)n1. The van der Waals surface area contributed by atoms with Crippen LogP contribution in [-0.4, -0.2) is 54.2 Å². The number of nitrogens with zero attached hydrogens (tertiary/aromatic N) is 3. The number of hydrogen-bond acceptors (Lipinski definition) is 6. The molecule has 9 heteroatoms. The summed E-state index contributed by atoms with van der Waals surface area (Å²) in [6, 6.07) is 6.79. The lowest BCUT2D eigenvalue weighted by Crippen LogP contribution is -2.49. The topological polar surface area (TPSA) is 105 Å². The van der Waals surface area contributed by atoms with Gasteiger partial charge in [-0.25, -0.2) is 12.7 Å². The van der Waals surface area contributed by atoms with E-state index in [0.29, 0.717) is 29.9 Å². The third-order valence-corrected chi connectivity index (χ3v) is 5.96. The fourth-order valence-corrected chi connectivity index (χ4v) is 4.04. The minimum atomic E-state index is -3.27. The molecule has 1 N–H and O–H groups in total. The Morgan fingerprint density at radius 3 is 2.64 bits per heavy atom. The van der Waals surface area contributed by atoms with Gasteiger partial charge in [0.05, 0.1) is 17.4 Å². The molecule has 1 aromatic heterocycles. The maximum absolute atomic E-state index is 12.9. The van der Waals surface area contributed by atoms with Crippen molar-refractivity contribution in [1.82, 2.24) is 19.8 Å². The molecular weight excluding hydrogens is 380 g/mol. The van der Waals surface area contributed by atoms with Crippen molar-refractivity contribution in [2.75, 3.05) is 19.3 Å². The van der Waals surface area contributed by atoms with Gasteiger partial charge in [0.25, 0.3) is 11.8 Å². The molecule has 8 nitrogen and oxygen atoms in total. The second-order valence-corrected chi connectivity index (χ2v) is 10.1. The molecule has 1 saturated heterocycles. The van der Waals surface area contributed by atoms with Crippen molar-refractivity contribution in [1.29, 1.82) is 0 Å². The zero-order chi connectivity index (χ0) is 20.5. The van der Waals surface area contributed by atoms with Gasteiger partial charge in [0.15, 0.2) is 5.82 Å². The molecule has 1 aliphatic heterocycles. The molecule has 1 aliphatic rings. The quantitative estimate of drug-likeness (QED) is 0.834. The minimum absolute atomic E-state index is 0.239. The average molecular weight is 407 g/mol. The smallest absolute Gasteiger partial charge is 0.258 e. The second kappa shape index (κ2) is 7.63. The summed E-state index contributed by atoms with van der Waals surface area (Å²) in [6.07, 6.45) is 2.63. The van der Waals surface area contributed by atoms with Gasteiger partial charge in [0.1, 0.15) is 0 Å². The van der Waals surface area contributed by atoms with Crippen LogP contribution in [0.5, 0.6) is 0 Å². The van der Waals surface area contributed by atoms with Crippen molar-refractivity contribution in [3.05, 3.63) is 35.7 Å². The number of rotatable bonds is 4. The van der Waals surface area contributed by atoms with E-state index in [0.717, 1.165) is 6.42 Å². The molecule has 0 radical (unpaired) electrons. The summed E-state index contributed by atoms with van der Waals surface area (Å²) in [5.74, 6) is 0.567. The Balaban J connectivity index is 1.81. The van der Waals surface area contributed by atoms with E-state index in [2.05, 4.69) is 15.5 Å². The Labute approximate surface area is 165 Å². The van der Waals surface area contributed by atoms with Crippen LogP contribution >= 0.6 is 0 Å². The first-order chi connectivity index (χ1) is 13.1. The summed E-state index contributed by atoms with van der Waals surface area (Å²) in [6.45, 7) is 6.71. The van der Waals surface area contributed by atoms with Crippen LogP contribution in [0.15, 0.2) is 28.8 Å². The monoisotopic (exact) mass is 406 g/mol. The standard InChI is InChI=1S/C19H26N4O4S/c1-19(2,3)18-21-17(27-22-18)15-10-6-5-9-14(15)16(24)20-13-8-7-11-23(12-13)28(4,25)26/h5-6,9-10,13H,7-8,11-12H2,1-4H3,(H,20,24). The first kappa shape index (κ1) is 20.5. The Kier molecular flexibility index (Phi) is 5.58. The lowest BCUT2D eigenvalue weighted by atomic mass is 9.96. The summed E-state index contributed by atoms with van der Waals surface area (Å²) in [5.41, 5.74) is 0.706. The van der Waals surface area contributed by atoms with Crippen molar-refractivity contribution < 1.29 is 17.7 Å². The van der Waals surface area contributed by atoms with Crippen LogP contribution < -0.4 is 5.32 Å². The van der Waals surface area contributed by atoms with E-state index >= 15 is 0 Å². The van der Waals surface area contributed by atoms with Gasteiger partial charge in [-0.05, 0) is 25.0 Å². The van der Waals surface area contributed by atoms with Gasteiger partial charge in [0, 0.05) is 24.5 Å². The van der Waals surface area contributed by atoms with Gasteiger partial charge < -0.3 is 9.84 Å². The summed E-state index contributed by atoms with van der Waals surface area (Å²) in [4.78, 5) is 17.3. The summed E-state index contributed by atoms with van der Waals surface area (Å²) in [5, 5.41) is 6.98. The maximum Gasteiger partial charge on any atom is 0.258 e. The predicted molar refractivity (Wildman–Crippen MR) is 105 cm³/mol. The van der Waals surface area contributed by atoms with E-state index in [1.165, 1.54) is 10.6 Å².